The number of likely N-dealkylation sites (tertiary alicyclic amines) is 1. The van der Waals surface area contributed by atoms with Gasteiger partial charge in [-0.1, -0.05) is 54.7 Å². The number of methoxy groups -OCH3 is 1. The van der Waals surface area contributed by atoms with Crippen molar-refractivity contribution in [2.45, 2.75) is 32.1 Å². The highest BCUT2D eigenvalue weighted by Gasteiger charge is 2.25. The van der Waals surface area contributed by atoms with Crippen molar-refractivity contribution in [3.63, 3.8) is 0 Å². The van der Waals surface area contributed by atoms with Crippen LogP contribution in [0.5, 0.6) is 5.75 Å². The second-order valence-corrected chi connectivity index (χ2v) is 6.45. The Morgan fingerprint density at radius 1 is 1.04 bits per heavy atom. The molecule has 4 heteroatoms. The molecule has 1 saturated heterocycles. The van der Waals surface area contributed by atoms with Crippen LogP contribution in [0.2, 0.25) is 0 Å². The minimum absolute atomic E-state index is 0.0344. The molecule has 1 fully saturated rings. The molecule has 3 rings (SSSR count). The van der Waals surface area contributed by atoms with Gasteiger partial charge in [-0.05, 0) is 36.1 Å². The van der Waals surface area contributed by atoms with Gasteiger partial charge in [0.1, 0.15) is 16.8 Å². The van der Waals surface area contributed by atoms with E-state index < -0.39 is 0 Å². The van der Waals surface area contributed by atoms with Crippen LogP contribution in [-0.4, -0.2) is 29.6 Å². The van der Waals surface area contributed by atoms with E-state index >= 15 is 0 Å². The maximum Gasteiger partial charge on any atom is 0.118 e. The Bertz CT molecular complexity index is 657. The van der Waals surface area contributed by atoms with Gasteiger partial charge in [0.15, 0.2) is 0 Å². The van der Waals surface area contributed by atoms with Gasteiger partial charge in [-0.3, -0.25) is 0 Å². The molecule has 0 aromatic heterocycles. The second-order valence-electron chi connectivity index (χ2n) is 6.04. The third kappa shape index (κ3) is 4.34. The average Bonchev–Trinajstić information content (AvgIpc) is 2.64. The molecule has 0 aliphatic carbocycles. The van der Waals surface area contributed by atoms with Crippen molar-refractivity contribution in [1.82, 2.24) is 4.90 Å². The van der Waals surface area contributed by atoms with E-state index in [1.165, 1.54) is 11.1 Å². The van der Waals surface area contributed by atoms with Gasteiger partial charge >= 0.3 is 0 Å². The van der Waals surface area contributed by atoms with E-state index in [2.05, 4.69) is 29.2 Å². The summed E-state index contributed by atoms with van der Waals surface area (Å²) in [6, 6.07) is 18.4. The first kappa shape index (κ1) is 16.9. The maximum atomic E-state index is 6.08. The first-order chi connectivity index (χ1) is 11.8. The highest BCUT2D eigenvalue weighted by molar-refractivity contribution is 7.80. The Kier molecular flexibility index (Phi) is 5.83. The molecular formula is C20H23NO2S. The third-order valence-electron chi connectivity index (χ3n) is 4.31. The summed E-state index contributed by atoms with van der Waals surface area (Å²) in [4.78, 5) is 3.18. The van der Waals surface area contributed by atoms with Crippen LogP contribution in [0, 0.1) is 0 Å². The van der Waals surface area contributed by atoms with Crippen LogP contribution in [0.1, 0.15) is 24.0 Å². The van der Waals surface area contributed by atoms with Crippen LogP contribution < -0.4 is 4.74 Å². The lowest BCUT2D eigenvalue weighted by atomic mass is 10.1. The lowest BCUT2D eigenvalue weighted by molar-refractivity contribution is 0.0599. The zero-order valence-electron chi connectivity index (χ0n) is 14.0. The van der Waals surface area contributed by atoms with Gasteiger partial charge < -0.3 is 14.4 Å². The first-order valence-corrected chi connectivity index (χ1v) is 8.74. The summed E-state index contributed by atoms with van der Waals surface area (Å²) < 4.78 is 11.3. The Morgan fingerprint density at radius 3 is 2.50 bits per heavy atom. The molecule has 1 aliphatic heterocycles. The van der Waals surface area contributed by atoms with Crippen LogP contribution in [0.25, 0.3) is 0 Å². The van der Waals surface area contributed by atoms with E-state index in [1.54, 1.807) is 7.11 Å². The van der Waals surface area contributed by atoms with Gasteiger partial charge in [-0.2, -0.15) is 0 Å². The molecule has 1 aliphatic rings. The van der Waals surface area contributed by atoms with E-state index in [1.807, 2.05) is 30.3 Å². The molecule has 0 radical (unpaired) electrons. The molecule has 3 nitrogen and oxygen atoms in total. The number of hydrogen-bond acceptors (Lipinski definition) is 3. The van der Waals surface area contributed by atoms with Crippen LogP contribution in [0.4, 0.5) is 0 Å². The average molecular weight is 341 g/mol. The number of rotatable bonds is 6. The molecule has 0 spiro atoms. The molecule has 2 aromatic carbocycles. The first-order valence-electron chi connectivity index (χ1n) is 8.33. The quantitative estimate of drug-likeness (QED) is 0.734. The monoisotopic (exact) mass is 341 g/mol. The molecule has 2 aromatic rings. The smallest absolute Gasteiger partial charge is 0.118 e. The van der Waals surface area contributed by atoms with E-state index in [4.69, 9.17) is 21.7 Å². The largest absolute Gasteiger partial charge is 0.497 e. The van der Waals surface area contributed by atoms with Crippen LogP contribution in [0.15, 0.2) is 54.6 Å². The molecule has 0 bridgehead atoms. The third-order valence-corrected chi connectivity index (χ3v) is 4.83. The van der Waals surface area contributed by atoms with Crippen molar-refractivity contribution in [2.75, 3.05) is 13.7 Å². The molecule has 24 heavy (non-hydrogen) atoms. The number of thiocarbonyl (C=S) groups is 1. The Morgan fingerprint density at radius 2 is 1.79 bits per heavy atom. The minimum Gasteiger partial charge on any atom is -0.497 e. The molecule has 126 valence electrons. The van der Waals surface area contributed by atoms with Gasteiger partial charge in [0.25, 0.3) is 0 Å². The zero-order valence-corrected chi connectivity index (χ0v) is 14.8. The normalized spacial score (nSPS) is 17.8. The van der Waals surface area contributed by atoms with E-state index in [0.29, 0.717) is 6.61 Å². The predicted octanol–water partition coefficient (Wildman–Crippen LogP) is 4.20. The summed E-state index contributed by atoms with van der Waals surface area (Å²) >= 11 is 5.69. The van der Waals surface area contributed by atoms with E-state index in [9.17, 15) is 0 Å². The molecule has 0 unspecified atom stereocenters. The van der Waals surface area contributed by atoms with Crippen molar-refractivity contribution in [3.05, 3.63) is 65.7 Å². The summed E-state index contributed by atoms with van der Waals surface area (Å²) in [5.41, 5.74) is 2.43. The SMILES string of the molecule is COc1ccc(CN2CCC[C@H](OCc3ccccc3)C2=S)cc1. The van der Waals surface area contributed by atoms with Crippen molar-refractivity contribution >= 4 is 17.2 Å². The summed E-state index contributed by atoms with van der Waals surface area (Å²) in [5, 5.41) is 0. The van der Waals surface area contributed by atoms with E-state index in [-0.39, 0.29) is 6.10 Å². The van der Waals surface area contributed by atoms with Crippen molar-refractivity contribution in [1.29, 1.82) is 0 Å². The van der Waals surface area contributed by atoms with Gasteiger partial charge in [0, 0.05) is 13.1 Å². The summed E-state index contributed by atoms with van der Waals surface area (Å²) in [6.07, 6.45) is 2.15. The van der Waals surface area contributed by atoms with Gasteiger partial charge in [-0.15, -0.1) is 0 Å². The Balaban J connectivity index is 1.57. The number of piperidine rings is 1. The van der Waals surface area contributed by atoms with Crippen molar-refractivity contribution < 1.29 is 9.47 Å². The lowest BCUT2D eigenvalue weighted by Crippen LogP contribution is -2.43. The van der Waals surface area contributed by atoms with Gasteiger partial charge in [0.05, 0.1) is 13.7 Å². The molecule has 1 atom stereocenters. The maximum absolute atomic E-state index is 6.08. The highest BCUT2D eigenvalue weighted by atomic mass is 32.1. The standard InChI is InChI=1S/C20H23NO2S/c1-22-18-11-9-16(10-12-18)14-21-13-5-8-19(20(21)24)23-15-17-6-3-2-4-7-17/h2-4,6-7,9-12,19H,5,8,13-15H2,1H3/t19-/m0/s1. The van der Waals surface area contributed by atoms with Crippen molar-refractivity contribution in [2.24, 2.45) is 0 Å². The van der Waals surface area contributed by atoms with Gasteiger partial charge in [0.2, 0.25) is 0 Å². The van der Waals surface area contributed by atoms with Crippen LogP contribution in [0.3, 0.4) is 0 Å². The lowest BCUT2D eigenvalue weighted by Gasteiger charge is -2.35. The summed E-state index contributed by atoms with van der Waals surface area (Å²) in [7, 11) is 1.68. The fourth-order valence-corrected chi connectivity index (χ4v) is 3.28. The minimum atomic E-state index is 0.0344. The topological polar surface area (TPSA) is 21.7 Å². The molecule has 0 saturated carbocycles. The molecule has 0 amide bonds. The van der Waals surface area contributed by atoms with E-state index in [0.717, 1.165) is 36.7 Å². The fraction of sp³-hybridized carbons (Fsp3) is 0.350. The second kappa shape index (κ2) is 8.27. The van der Waals surface area contributed by atoms with Crippen LogP contribution >= 0.6 is 12.2 Å². The zero-order chi connectivity index (χ0) is 16.8. The number of ether oxygens (including phenoxy) is 2. The summed E-state index contributed by atoms with van der Waals surface area (Å²) in [6.45, 7) is 2.44. The summed E-state index contributed by atoms with van der Waals surface area (Å²) in [5.74, 6) is 0.879. The highest BCUT2D eigenvalue weighted by Crippen LogP contribution is 2.21. The Labute approximate surface area is 149 Å². The molecule has 0 N–H and O–H groups in total. The number of hydrogen-bond donors (Lipinski definition) is 0. The number of nitrogens with zero attached hydrogens (tertiary/aromatic N) is 1. The molecular weight excluding hydrogens is 318 g/mol. The fourth-order valence-electron chi connectivity index (χ4n) is 2.94. The van der Waals surface area contributed by atoms with Crippen LogP contribution in [-0.2, 0) is 17.9 Å². The number of benzene rings is 2. The molecule has 1 heterocycles. The predicted molar refractivity (Wildman–Crippen MR) is 100 cm³/mol. The van der Waals surface area contributed by atoms with Crippen molar-refractivity contribution in [3.8, 4) is 5.75 Å². The van der Waals surface area contributed by atoms with Gasteiger partial charge in [-0.25, -0.2) is 0 Å². The Hall–Kier alpha value is -1.91.